The Morgan fingerprint density at radius 3 is 2.63 bits per heavy atom. The van der Waals surface area contributed by atoms with Crippen molar-refractivity contribution < 1.29 is 4.79 Å². The fourth-order valence-electron chi connectivity index (χ4n) is 2.77. The molecule has 0 saturated carbocycles. The first-order valence-corrected chi connectivity index (χ1v) is 8.24. The number of carbonyl (C=O) groups excluding carboxylic acids is 1. The monoisotopic (exact) mass is 356 g/mol. The largest absolute Gasteiger partial charge is 0.356 e. The van der Waals surface area contributed by atoms with Crippen molar-refractivity contribution in [3.05, 3.63) is 69.8 Å². The van der Waals surface area contributed by atoms with E-state index >= 15 is 0 Å². The molecule has 27 heavy (non-hydrogen) atoms. The van der Waals surface area contributed by atoms with Gasteiger partial charge in [0.15, 0.2) is 11.6 Å². The van der Waals surface area contributed by atoms with Crippen molar-refractivity contribution in [3.8, 4) is 18.4 Å². The lowest BCUT2D eigenvalue weighted by molar-refractivity contribution is 0.100. The third kappa shape index (κ3) is 3.86. The Balaban J connectivity index is 1.95. The number of H-pyrrole nitrogens is 1. The van der Waals surface area contributed by atoms with Gasteiger partial charge in [0.05, 0.1) is 29.1 Å². The smallest absolute Gasteiger partial charge is 0.259 e. The van der Waals surface area contributed by atoms with Gasteiger partial charge in [-0.3, -0.25) is 9.59 Å². The van der Waals surface area contributed by atoms with Gasteiger partial charge in [-0.2, -0.15) is 5.26 Å². The average molecular weight is 356 g/mol. The average Bonchev–Trinajstić information content (AvgIpc) is 2.68. The lowest BCUT2D eigenvalue weighted by atomic mass is 10.1. The lowest BCUT2D eigenvalue weighted by Gasteiger charge is -2.22. The molecule has 1 N–H and O–H groups in total. The van der Waals surface area contributed by atoms with Crippen LogP contribution in [0.5, 0.6) is 0 Å². The molecule has 0 bridgehead atoms. The van der Waals surface area contributed by atoms with E-state index in [4.69, 9.17) is 11.7 Å². The molecule has 0 radical (unpaired) electrons. The van der Waals surface area contributed by atoms with E-state index in [-0.39, 0.29) is 17.2 Å². The first-order chi connectivity index (χ1) is 13.0. The van der Waals surface area contributed by atoms with E-state index in [2.05, 4.69) is 22.0 Å². The van der Waals surface area contributed by atoms with Gasteiger partial charge in [-0.25, -0.2) is 4.98 Å². The number of terminal acetylenes is 1. The number of ketones is 1. The molecule has 0 atom stereocenters. The van der Waals surface area contributed by atoms with Crippen LogP contribution < -0.4 is 10.5 Å². The van der Waals surface area contributed by atoms with Crippen molar-refractivity contribution in [2.24, 2.45) is 0 Å². The van der Waals surface area contributed by atoms with Gasteiger partial charge in [0.2, 0.25) is 0 Å². The van der Waals surface area contributed by atoms with E-state index in [9.17, 15) is 9.59 Å². The molecule has 0 amide bonds. The first-order valence-electron chi connectivity index (χ1n) is 8.24. The number of nitrogens with zero attached hydrogens (tertiary/aromatic N) is 3. The molecule has 0 unspecified atom stereocenters. The van der Waals surface area contributed by atoms with E-state index in [1.165, 1.54) is 6.92 Å². The van der Waals surface area contributed by atoms with Gasteiger partial charge >= 0.3 is 0 Å². The summed E-state index contributed by atoms with van der Waals surface area (Å²) in [6, 6.07) is 14.6. The molecule has 3 rings (SSSR count). The van der Waals surface area contributed by atoms with Crippen LogP contribution in [0, 0.1) is 23.7 Å². The number of Topliss-reactive ketones (excluding diaryl/α,β-unsaturated/α-hetero) is 1. The highest BCUT2D eigenvalue weighted by atomic mass is 16.1. The van der Waals surface area contributed by atoms with Crippen LogP contribution >= 0.6 is 0 Å². The van der Waals surface area contributed by atoms with Crippen LogP contribution in [0.2, 0.25) is 0 Å². The van der Waals surface area contributed by atoms with E-state index in [1.807, 2.05) is 23.1 Å². The molecule has 132 valence electrons. The van der Waals surface area contributed by atoms with Gasteiger partial charge < -0.3 is 9.88 Å². The number of fused-ring (bicyclic) bond motifs is 1. The maximum Gasteiger partial charge on any atom is 0.259 e. The second kappa shape index (κ2) is 7.55. The maximum absolute atomic E-state index is 12.3. The van der Waals surface area contributed by atoms with Gasteiger partial charge in [-0.15, -0.1) is 6.42 Å². The number of rotatable bonds is 5. The Labute approximate surface area is 156 Å². The minimum atomic E-state index is -0.353. The molecule has 0 aliphatic carbocycles. The zero-order chi connectivity index (χ0) is 19.4. The van der Waals surface area contributed by atoms with Gasteiger partial charge in [-0.1, -0.05) is 12.0 Å². The minimum absolute atomic E-state index is 0.0480. The third-order valence-electron chi connectivity index (χ3n) is 4.12. The summed E-state index contributed by atoms with van der Waals surface area (Å²) in [6.07, 6.45) is 5.50. The minimum Gasteiger partial charge on any atom is -0.356 e. The van der Waals surface area contributed by atoms with Gasteiger partial charge in [0.25, 0.3) is 5.56 Å². The van der Waals surface area contributed by atoms with Gasteiger partial charge in [0.1, 0.15) is 0 Å². The zero-order valence-corrected chi connectivity index (χ0v) is 14.7. The molecule has 1 heterocycles. The van der Waals surface area contributed by atoms with Gasteiger partial charge in [-0.05, 0) is 42.0 Å². The predicted molar refractivity (Wildman–Crippen MR) is 103 cm³/mol. The third-order valence-corrected chi connectivity index (χ3v) is 4.12. The van der Waals surface area contributed by atoms with Crippen LogP contribution in [-0.4, -0.2) is 22.3 Å². The van der Waals surface area contributed by atoms with Crippen molar-refractivity contribution in [2.75, 3.05) is 11.4 Å². The number of hydrogen-bond donors (Lipinski definition) is 1. The Hall–Kier alpha value is -3.90. The Morgan fingerprint density at radius 2 is 2.00 bits per heavy atom. The standard InChI is InChI=1S/C21H16N4O2/c1-3-10-25(17-7-4-15(12-22)5-8-17)13-16-6-9-19-18(11-16)21(27)24-20(23-19)14(2)26/h1,4-9,11H,10,13H2,2H3,(H,23,24,27). The molecule has 0 saturated heterocycles. The van der Waals surface area contributed by atoms with Crippen molar-refractivity contribution in [1.82, 2.24) is 9.97 Å². The Morgan fingerprint density at radius 1 is 1.26 bits per heavy atom. The molecule has 3 aromatic rings. The van der Waals surface area contributed by atoms with Gasteiger partial charge in [0, 0.05) is 19.2 Å². The summed E-state index contributed by atoms with van der Waals surface area (Å²) < 4.78 is 0. The van der Waals surface area contributed by atoms with E-state index in [0.717, 1.165) is 11.3 Å². The second-order valence-electron chi connectivity index (χ2n) is 6.04. The Kier molecular flexibility index (Phi) is 5.01. The van der Waals surface area contributed by atoms with E-state index < -0.39 is 0 Å². The summed E-state index contributed by atoms with van der Waals surface area (Å²) in [7, 11) is 0. The topological polar surface area (TPSA) is 89.8 Å². The number of hydrogen-bond acceptors (Lipinski definition) is 5. The fraction of sp³-hybridized carbons (Fsp3) is 0.143. The van der Waals surface area contributed by atoms with Crippen LogP contribution in [0.4, 0.5) is 5.69 Å². The number of nitrogens with one attached hydrogen (secondary N) is 1. The quantitative estimate of drug-likeness (QED) is 0.561. The molecule has 0 aliphatic heterocycles. The molecule has 0 spiro atoms. The van der Waals surface area contributed by atoms with Crippen LogP contribution in [0.1, 0.15) is 28.7 Å². The molecule has 0 aliphatic rings. The number of aromatic amines is 1. The zero-order valence-electron chi connectivity index (χ0n) is 14.7. The van der Waals surface area contributed by atoms with E-state index in [0.29, 0.717) is 29.6 Å². The predicted octanol–water partition coefficient (Wildman–Crippen LogP) is 2.64. The van der Waals surface area contributed by atoms with Crippen molar-refractivity contribution in [3.63, 3.8) is 0 Å². The molecular weight excluding hydrogens is 340 g/mol. The summed E-state index contributed by atoms with van der Waals surface area (Å²) in [4.78, 5) is 32.4. The highest BCUT2D eigenvalue weighted by molar-refractivity contribution is 5.92. The summed E-state index contributed by atoms with van der Waals surface area (Å²) in [6.45, 7) is 2.22. The normalized spacial score (nSPS) is 10.2. The summed E-state index contributed by atoms with van der Waals surface area (Å²) in [5, 5.41) is 9.35. The molecule has 6 heteroatoms. The summed E-state index contributed by atoms with van der Waals surface area (Å²) in [5.41, 5.74) is 2.45. The van der Waals surface area contributed by atoms with Crippen LogP contribution in [-0.2, 0) is 6.54 Å². The molecule has 0 fully saturated rings. The highest BCUT2D eigenvalue weighted by Gasteiger charge is 2.11. The molecule has 2 aromatic carbocycles. The van der Waals surface area contributed by atoms with Crippen molar-refractivity contribution in [1.29, 1.82) is 5.26 Å². The van der Waals surface area contributed by atoms with Crippen LogP contribution in [0.3, 0.4) is 0 Å². The maximum atomic E-state index is 12.3. The van der Waals surface area contributed by atoms with Crippen molar-refractivity contribution in [2.45, 2.75) is 13.5 Å². The van der Waals surface area contributed by atoms with Crippen molar-refractivity contribution >= 4 is 22.4 Å². The number of benzene rings is 2. The highest BCUT2D eigenvalue weighted by Crippen LogP contribution is 2.19. The number of carbonyl (C=O) groups is 1. The second-order valence-corrected chi connectivity index (χ2v) is 6.04. The number of anilines is 1. The van der Waals surface area contributed by atoms with E-state index in [1.54, 1.807) is 24.3 Å². The first kappa shape index (κ1) is 17.9. The number of nitriles is 1. The molecule has 6 nitrogen and oxygen atoms in total. The number of aromatic nitrogens is 2. The van der Waals surface area contributed by atoms with Crippen LogP contribution in [0.25, 0.3) is 10.9 Å². The molecular formula is C21H16N4O2. The van der Waals surface area contributed by atoms with Crippen LogP contribution in [0.15, 0.2) is 47.3 Å². The summed E-state index contributed by atoms with van der Waals surface area (Å²) >= 11 is 0. The molecule has 1 aromatic heterocycles. The fourth-order valence-corrected chi connectivity index (χ4v) is 2.77. The Bertz CT molecular complexity index is 1150. The summed E-state index contributed by atoms with van der Waals surface area (Å²) in [5.74, 6) is 2.38. The SMILES string of the molecule is C#CCN(Cc1ccc2nc(C(C)=O)[nH]c(=O)c2c1)c1ccc(C#N)cc1. The lowest BCUT2D eigenvalue weighted by Crippen LogP contribution is -2.23.